The van der Waals surface area contributed by atoms with Crippen molar-refractivity contribution in [3.05, 3.63) is 116 Å². The Labute approximate surface area is 245 Å². The van der Waals surface area contributed by atoms with E-state index in [0.29, 0.717) is 11.1 Å². The number of hydrogen-bond donors (Lipinski definition) is 0. The van der Waals surface area contributed by atoms with Gasteiger partial charge in [-0.1, -0.05) is 136 Å². The summed E-state index contributed by atoms with van der Waals surface area (Å²) in [5.74, 6) is 0. The third-order valence-corrected chi connectivity index (χ3v) is 17.9. The predicted molar refractivity (Wildman–Crippen MR) is 179 cm³/mol. The van der Waals surface area contributed by atoms with Crippen LogP contribution >= 0.6 is 0 Å². The summed E-state index contributed by atoms with van der Waals surface area (Å²) in [6.45, 7) is 19.5. The lowest BCUT2D eigenvalue weighted by molar-refractivity contribution is 0.622. The first-order chi connectivity index (χ1) is 19.0. The molecule has 1 heteroatoms. The Kier molecular flexibility index (Phi) is 8.17. The maximum Gasteiger partial charge on any atom is 0.0833 e. The number of hydrogen-bond acceptors (Lipinski definition) is 0. The Bertz CT molecular complexity index is 1350. The van der Waals surface area contributed by atoms with Crippen molar-refractivity contribution in [2.24, 2.45) is 0 Å². The highest BCUT2D eigenvalue weighted by atomic mass is 28.3. The Morgan fingerprint density at radius 1 is 0.600 bits per heavy atom. The van der Waals surface area contributed by atoms with E-state index >= 15 is 0 Å². The normalized spacial score (nSPS) is 19.6. The topological polar surface area (TPSA) is 0 Å². The first kappa shape index (κ1) is 28.9. The van der Waals surface area contributed by atoms with E-state index in [1.54, 1.807) is 22.3 Å². The van der Waals surface area contributed by atoms with Gasteiger partial charge in [0.25, 0.3) is 0 Å². The third-order valence-electron chi connectivity index (χ3n) is 10.3. The maximum absolute atomic E-state index is 2.60. The van der Waals surface area contributed by atoms with Crippen LogP contribution in [0.4, 0.5) is 0 Å². The Hall–Kier alpha value is -2.64. The minimum absolute atomic E-state index is 0.255. The molecule has 0 aromatic heterocycles. The SMILES string of the molecule is CC1=Cc2c(C)cccc2C1[Si](CCCCCCc1ccc(C)cc1)(C1C(C)=Cc2c(C)cccc21)C(C)(C)C. The second kappa shape index (κ2) is 11.3. The first-order valence-electron chi connectivity index (χ1n) is 15.7. The zero-order chi connectivity index (χ0) is 28.7. The van der Waals surface area contributed by atoms with Gasteiger partial charge >= 0.3 is 0 Å². The second-order valence-electron chi connectivity index (χ2n) is 14.0. The molecule has 2 atom stereocenters. The van der Waals surface area contributed by atoms with Gasteiger partial charge in [0.15, 0.2) is 0 Å². The van der Waals surface area contributed by atoms with Crippen molar-refractivity contribution < 1.29 is 0 Å². The lowest BCUT2D eigenvalue weighted by Crippen LogP contribution is -2.55. The number of rotatable bonds is 9. The van der Waals surface area contributed by atoms with Crippen LogP contribution in [0.2, 0.25) is 11.1 Å². The van der Waals surface area contributed by atoms with Gasteiger partial charge in [0.2, 0.25) is 0 Å². The Morgan fingerprint density at radius 2 is 1.10 bits per heavy atom. The molecule has 3 aromatic rings. The van der Waals surface area contributed by atoms with Gasteiger partial charge in [-0.25, -0.2) is 0 Å². The quantitative estimate of drug-likeness (QED) is 0.185. The lowest BCUT2D eigenvalue weighted by atomic mass is 10.0. The van der Waals surface area contributed by atoms with E-state index in [1.165, 1.54) is 71.5 Å². The number of fused-ring (bicyclic) bond motifs is 2. The summed E-state index contributed by atoms with van der Waals surface area (Å²) >= 11 is 0. The summed E-state index contributed by atoms with van der Waals surface area (Å²) in [6, 6.07) is 24.7. The van der Waals surface area contributed by atoms with E-state index in [4.69, 9.17) is 0 Å². The van der Waals surface area contributed by atoms with Gasteiger partial charge in [-0.05, 0) is 91.4 Å². The van der Waals surface area contributed by atoms with Crippen LogP contribution in [0, 0.1) is 20.8 Å². The largest absolute Gasteiger partial charge is 0.0833 e. The van der Waals surface area contributed by atoms with E-state index < -0.39 is 8.07 Å². The Morgan fingerprint density at radius 3 is 1.60 bits per heavy atom. The number of benzene rings is 3. The van der Waals surface area contributed by atoms with E-state index in [1.807, 2.05) is 0 Å². The zero-order valence-corrected chi connectivity index (χ0v) is 27.3. The summed E-state index contributed by atoms with van der Waals surface area (Å²) in [6.07, 6.45) is 11.6. The molecule has 0 aliphatic heterocycles. The van der Waals surface area contributed by atoms with Crippen LogP contribution in [0.25, 0.3) is 12.2 Å². The zero-order valence-electron chi connectivity index (χ0n) is 26.3. The van der Waals surface area contributed by atoms with E-state index in [-0.39, 0.29) is 5.04 Å². The summed E-state index contributed by atoms with van der Waals surface area (Å²) in [5, 5.41) is 0.255. The molecule has 0 heterocycles. The van der Waals surface area contributed by atoms with E-state index in [9.17, 15) is 0 Å². The summed E-state index contributed by atoms with van der Waals surface area (Å²) in [4.78, 5) is 0. The molecule has 0 saturated heterocycles. The number of allylic oxidation sites excluding steroid dienone is 2. The van der Waals surface area contributed by atoms with Crippen LogP contribution in [0.3, 0.4) is 0 Å². The summed E-state index contributed by atoms with van der Waals surface area (Å²) in [5.41, 5.74) is 16.3. The Balaban J connectivity index is 1.50. The van der Waals surface area contributed by atoms with E-state index in [2.05, 4.69) is 128 Å². The van der Waals surface area contributed by atoms with Gasteiger partial charge in [-0.2, -0.15) is 0 Å². The molecule has 0 radical (unpaired) electrons. The van der Waals surface area contributed by atoms with Crippen LogP contribution in [0.5, 0.6) is 0 Å². The monoisotopic (exact) mass is 546 g/mol. The number of unbranched alkanes of at least 4 members (excludes halogenated alkanes) is 3. The van der Waals surface area contributed by atoms with Crippen molar-refractivity contribution in [2.75, 3.05) is 0 Å². The fourth-order valence-electron chi connectivity index (χ4n) is 8.34. The van der Waals surface area contributed by atoms with E-state index in [0.717, 1.165) is 0 Å². The van der Waals surface area contributed by atoms with Crippen molar-refractivity contribution in [2.45, 2.75) is 110 Å². The molecule has 0 N–H and O–H groups in total. The summed E-state index contributed by atoms with van der Waals surface area (Å²) < 4.78 is 0. The van der Waals surface area contributed by atoms with Crippen LogP contribution in [0.1, 0.15) is 116 Å². The van der Waals surface area contributed by atoms with Crippen LogP contribution < -0.4 is 0 Å². The van der Waals surface area contributed by atoms with Gasteiger partial charge in [0, 0.05) is 11.1 Å². The predicted octanol–water partition coefficient (Wildman–Crippen LogP) is 11.4. The lowest BCUT2D eigenvalue weighted by Gasteiger charge is -2.53. The fraction of sp³-hybridized carbons (Fsp3) is 0.436. The molecular weight excluding hydrogens is 497 g/mol. The van der Waals surface area contributed by atoms with Gasteiger partial charge in [0.1, 0.15) is 0 Å². The molecule has 0 fully saturated rings. The van der Waals surface area contributed by atoms with Gasteiger partial charge < -0.3 is 0 Å². The molecule has 5 rings (SSSR count). The van der Waals surface area contributed by atoms with Crippen molar-refractivity contribution >= 4 is 20.2 Å². The van der Waals surface area contributed by atoms with Crippen LogP contribution in [0.15, 0.2) is 71.8 Å². The average Bonchev–Trinajstić information content (AvgIpc) is 3.42. The third kappa shape index (κ3) is 5.11. The molecule has 0 spiro atoms. The van der Waals surface area contributed by atoms with Crippen molar-refractivity contribution in [3.63, 3.8) is 0 Å². The van der Waals surface area contributed by atoms with Crippen molar-refractivity contribution in [3.8, 4) is 0 Å². The smallest absolute Gasteiger partial charge is 0.0678 e. The molecule has 0 nitrogen and oxygen atoms in total. The highest BCUT2D eigenvalue weighted by Crippen LogP contribution is 2.62. The standard InChI is InChI=1S/C39H50Si/c1-27-20-22-32(23-21-27)17-11-9-10-12-24-40(39(6,7)8,37-30(4)25-35-28(2)15-13-18-33(35)37)38-31(5)26-36-29(3)16-14-19-34(36)38/h13-16,18-23,25-26,37-38H,9-12,17,24H2,1-8H3. The van der Waals surface area contributed by atoms with Crippen molar-refractivity contribution in [1.82, 2.24) is 0 Å². The first-order valence-corrected chi connectivity index (χ1v) is 18.0. The molecule has 0 bridgehead atoms. The molecule has 2 aliphatic rings. The van der Waals surface area contributed by atoms with Crippen molar-refractivity contribution in [1.29, 1.82) is 0 Å². The molecular formula is C39H50Si. The molecule has 0 saturated carbocycles. The highest BCUT2D eigenvalue weighted by Gasteiger charge is 2.58. The second-order valence-corrected chi connectivity index (χ2v) is 19.2. The number of aryl methyl sites for hydroxylation is 4. The van der Waals surface area contributed by atoms with Gasteiger partial charge in [-0.3, -0.25) is 0 Å². The van der Waals surface area contributed by atoms with Gasteiger partial charge in [-0.15, -0.1) is 0 Å². The fourth-order valence-corrected chi connectivity index (χ4v) is 16.0. The van der Waals surface area contributed by atoms with Crippen LogP contribution in [-0.2, 0) is 6.42 Å². The average molecular weight is 547 g/mol. The molecule has 2 aliphatic carbocycles. The minimum Gasteiger partial charge on any atom is -0.0678 e. The van der Waals surface area contributed by atoms with Crippen LogP contribution in [-0.4, -0.2) is 8.07 Å². The van der Waals surface area contributed by atoms with Gasteiger partial charge in [0.05, 0.1) is 8.07 Å². The molecule has 2 unspecified atom stereocenters. The maximum atomic E-state index is 2.60. The molecule has 210 valence electrons. The summed E-state index contributed by atoms with van der Waals surface area (Å²) in [7, 11) is -2.07. The minimum atomic E-state index is -2.07. The molecule has 40 heavy (non-hydrogen) atoms. The molecule has 0 amide bonds. The highest BCUT2D eigenvalue weighted by molar-refractivity contribution is 6.86. The molecule has 3 aromatic carbocycles.